The summed E-state index contributed by atoms with van der Waals surface area (Å²) < 4.78 is 43.7. The number of hydrogen-bond donors (Lipinski definition) is 1. The average molecular weight is 257 g/mol. The van der Waals surface area contributed by atoms with E-state index >= 15 is 0 Å². The van der Waals surface area contributed by atoms with Gasteiger partial charge in [0.2, 0.25) is 0 Å². The van der Waals surface area contributed by atoms with Crippen molar-refractivity contribution in [1.29, 1.82) is 0 Å². The first-order valence-corrected chi connectivity index (χ1v) is 6.04. The summed E-state index contributed by atoms with van der Waals surface area (Å²) in [5.74, 6) is 0. The molecule has 1 fully saturated rings. The van der Waals surface area contributed by atoms with Gasteiger partial charge >= 0.3 is 6.18 Å². The molecule has 1 aromatic carbocycles. The molecule has 98 valence electrons. The highest BCUT2D eigenvalue weighted by atomic mass is 19.4. The lowest BCUT2D eigenvalue weighted by Crippen LogP contribution is -2.44. The molecule has 0 aromatic heterocycles. The summed E-state index contributed by atoms with van der Waals surface area (Å²) in [4.78, 5) is 0. The van der Waals surface area contributed by atoms with Gasteiger partial charge in [0.1, 0.15) is 0 Å². The number of halogens is 3. The van der Waals surface area contributed by atoms with E-state index in [4.69, 9.17) is 4.74 Å². The fraction of sp³-hybridized carbons (Fsp3) is 0.538. The van der Waals surface area contributed by atoms with Gasteiger partial charge in [0.25, 0.3) is 0 Å². The summed E-state index contributed by atoms with van der Waals surface area (Å²) >= 11 is 0. The number of benzene rings is 1. The Morgan fingerprint density at radius 1 is 1.33 bits per heavy atom. The molecule has 1 aliphatic carbocycles. The smallest absolute Gasteiger partial charge is 0.372 e. The van der Waals surface area contributed by atoms with E-state index in [1.54, 1.807) is 6.07 Å². The zero-order chi connectivity index (χ0) is 12.9. The molecule has 3 atom stereocenters. The van der Waals surface area contributed by atoms with Crippen molar-refractivity contribution in [2.45, 2.75) is 37.8 Å². The van der Waals surface area contributed by atoms with Gasteiger partial charge in [0, 0.05) is 13.0 Å². The molecule has 2 nitrogen and oxygen atoms in total. The predicted octanol–water partition coefficient (Wildman–Crippen LogP) is 2.68. The van der Waals surface area contributed by atoms with Crippen LogP contribution in [0.5, 0.6) is 0 Å². The van der Waals surface area contributed by atoms with Gasteiger partial charge in [-0.15, -0.1) is 0 Å². The fourth-order valence-electron chi connectivity index (χ4n) is 2.80. The van der Waals surface area contributed by atoms with Crippen LogP contribution in [0.2, 0.25) is 0 Å². The Hall–Kier alpha value is -1.07. The Labute approximate surface area is 103 Å². The van der Waals surface area contributed by atoms with Crippen molar-refractivity contribution in [3.8, 4) is 0 Å². The summed E-state index contributed by atoms with van der Waals surface area (Å²) in [7, 11) is 0. The molecular weight excluding hydrogens is 243 g/mol. The highest BCUT2D eigenvalue weighted by molar-refractivity contribution is 5.41. The first kappa shape index (κ1) is 12.0. The Kier molecular flexibility index (Phi) is 2.64. The monoisotopic (exact) mass is 257 g/mol. The maximum atomic E-state index is 12.6. The summed E-state index contributed by atoms with van der Waals surface area (Å²) in [6, 6.07) is 4.03. The lowest BCUT2D eigenvalue weighted by molar-refractivity contribution is -0.137. The lowest BCUT2D eigenvalue weighted by Gasteiger charge is -2.32. The molecule has 0 radical (unpaired) electrons. The minimum Gasteiger partial charge on any atom is -0.372 e. The van der Waals surface area contributed by atoms with E-state index < -0.39 is 11.7 Å². The topological polar surface area (TPSA) is 21.3 Å². The summed E-state index contributed by atoms with van der Waals surface area (Å²) in [5, 5.41) is 3.34. The quantitative estimate of drug-likeness (QED) is 0.771. The molecule has 1 N–H and O–H groups in total. The number of rotatable bonds is 0. The molecular formula is C13H14F3NO. The average Bonchev–Trinajstić information content (AvgIpc) is 2.63. The van der Waals surface area contributed by atoms with Gasteiger partial charge in [-0.05, 0) is 30.2 Å². The highest BCUT2D eigenvalue weighted by Crippen LogP contribution is 2.39. The van der Waals surface area contributed by atoms with Crippen LogP contribution in [0, 0.1) is 0 Å². The Bertz CT molecular complexity index is 472. The van der Waals surface area contributed by atoms with Crippen molar-refractivity contribution in [2.75, 3.05) is 6.54 Å². The zero-order valence-electron chi connectivity index (χ0n) is 9.92. The van der Waals surface area contributed by atoms with Gasteiger partial charge in [0.05, 0.1) is 23.8 Å². The molecule has 5 heteroatoms. The van der Waals surface area contributed by atoms with Crippen molar-refractivity contribution >= 4 is 0 Å². The molecule has 1 aromatic rings. The van der Waals surface area contributed by atoms with Crippen molar-refractivity contribution in [3.63, 3.8) is 0 Å². The van der Waals surface area contributed by atoms with Crippen molar-refractivity contribution in [1.82, 2.24) is 5.32 Å². The van der Waals surface area contributed by atoms with Gasteiger partial charge in [-0.1, -0.05) is 6.07 Å². The molecule has 1 aliphatic heterocycles. The van der Waals surface area contributed by atoms with Gasteiger partial charge < -0.3 is 10.1 Å². The molecule has 0 spiro atoms. The number of morpholine rings is 1. The molecule has 3 rings (SSSR count). The zero-order valence-corrected chi connectivity index (χ0v) is 9.92. The van der Waals surface area contributed by atoms with E-state index in [-0.39, 0.29) is 18.2 Å². The lowest BCUT2D eigenvalue weighted by atomic mass is 10.0. The number of alkyl halides is 3. The van der Waals surface area contributed by atoms with Crippen LogP contribution >= 0.6 is 0 Å². The minimum absolute atomic E-state index is 0.0350. The van der Waals surface area contributed by atoms with Crippen molar-refractivity contribution < 1.29 is 17.9 Å². The largest absolute Gasteiger partial charge is 0.416 e. The molecule has 1 heterocycles. The molecule has 0 amide bonds. The normalized spacial score (nSPS) is 31.0. The van der Waals surface area contributed by atoms with Crippen LogP contribution in [-0.4, -0.2) is 18.8 Å². The molecule has 2 aliphatic rings. The minimum atomic E-state index is -4.27. The molecule has 0 saturated carbocycles. The third kappa shape index (κ3) is 1.91. The van der Waals surface area contributed by atoms with E-state index in [1.807, 2.05) is 6.92 Å². The maximum absolute atomic E-state index is 12.6. The predicted molar refractivity (Wildman–Crippen MR) is 60.2 cm³/mol. The van der Waals surface area contributed by atoms with E-state index in [9.17, 15) is 13.2 Å². The third-order valence-electron chi connectivity index (χ3n) is 3.63. The van der Waals surface area contributed by atoms with Gasteiger partial charge in [0.15, 0.2) is 0 Å². The number of ether oxygens (including phenoxy) is 1. The van der Waals surface area contributed by atoms with Crippen LogP contribution in [0.15, 0.2) is 18.2 Å². The van der Waals surface area contributed by atoms with Gasteiger partial charge in [-0.2, -0.15) is 13.2 Å². The molecule has 1 saturated heterocycles. The van der Waals surface area contributed by atoms with Crippen molar-refractivity contribution in [2.24, 2.45) is 0 Å². The van der Waals surface area contributed by atoms with E-state index in [1.165, 1.54) is 6.07 Å². The van der Waals surface area contributed by atoms with Crippen molar-refractivity contribution in [3.05, 3.63) is 34.9 Å². The van der Waals surface area contributed by atoms with Gasteiger partial charge in [-0.3, -0.25) is 0 Å². The van der Waals surface area contributed by atoms with Crippen LogP contribution in [-0.2, 0) is 17.3 Å². The maximum Gasteiger partial charge on any atom is 0.416 e. The second kappa shape index (κ2) is 3.96. The standard InChI is InChI=1S/C13H14F3NO/c1-7-6-17-12-10-3-2-9(13(14,15)16)4-8(10)5-11(12)18-7/h2-4,7,11-12,17H,5-6H2,1H3/t7-,11?,12-/m0/s1. The number of fused-ring (bicyclic) bond motifs is 3. The number of nitrogens with one attached hydrogen (secondary N) is 1. The van der Waals surface area contributed by atoms with Crippen LogP contribution in [0.3, 0.4) is 0 Å². The Morgan fingerprint density at radius 3 is 2.83 bits per heavy atom. The van der Waals surface area contributed by atoms with Crippen LogP contribution < -0.4 is 5.32 Å². The first-order valence-electron chi connectivity index (χ1n) is 6.04. The second-order valence-corrected chi connectivity index (χ2v) is 4.99. The fourth-order valence-corrected chi connectivity index (χ4v) is 2.80. The van der Waals surface area contributed by atoms with E-state index in [0.29, 0.717) is 6.42 Å². The molecule has 18 heavy (non-hydrogen) atoms. The third-order valence-corrected chi connectivity index (χ3v) is 3.63. The Balaban J connectivity index is 1.93. The number of hydrogen-bond acceptors (Lipinski definition) is 2. The van der Waals surface area contributed by atoms with E-state index in [0.717, 1.165) is 23.7 Å². The Morgan fingerprint density at radius 2 is 2.11 bits per heavy atom. The van der Waals surface area contributed by atoms with Gasteiger partial charge in [-0.25, -0.2) is 0 Å². The first-order chi connectivity index (χ1) is 8.45. The summed E-state index contributed by atoms with van der Waals surface area (Å²) in [6.07, 6.45) is -3.64. The van der Waals surface area contributed by atoms with Crippen LogP contribution in [0.4, 0.5) is 13.2 Å². The highest BCUT2D eigenvalue weighted by Gasteiger charge is 2.39. The van der Waals surface area contributed by atoms with Crippen LogP contribution in [0.1, 0.15) is 29.7 Å². The van der Waals surface area contributed by atoms with E-state index in [2.05, 4.69) is 5.32 Å². The SMILES string of the molecule is C[C@H]1CN[C@H]2c3ccc(C(F)(F)F)cc3CC2O1. The molecule has 0 bridgehead atoms. The summed E-state index contributed by atoms with van der Waals surface area (Å²) in [6.45, 7) is 2.70. The summed E-state index contributed by atoms with van der Waals surface area (Å²) in [5.41, 5.74) is 1.12. The second-order valence-electron chi connectivity index (χ2n) is 4.99. The van der Waals surface area contributed by atoms with Crippen LogP contribution in [0.25, 0.3) is 0 Å². The molecule has 1 unspecified atom stereocenters.